The van der Waals surface area contributed by atoms with Crippen molar-refractivity contribution in [3.8, 4) is 0 Å². The van der Waals surface area contributed by atoms with E-state index in [0.717, 1.165) is 11.3 Å². The molecule has 2 rings (SSSR count). The van der Waals surface area contributed by atoms with Gasteiger partial charge in [0.1, 0.15) is 0 Å². The molecule has 16 heavy (non-hydrogen) atoms. The van der Waals surface area contributed by atoms with Crippen molar-refractivity contribution in [1.29, 1.82) is 0 Å². The Morgan fingerprint density at radius 3 is 2.62 bits per heavy atom. The molecule has 1 aromatic rings. The van der Waals surface area contributed by atoms with Crippen LogP contribution in [0.1, 0.15) is 19.4 Å². The SMILES string of the molecule is CC(C)C1C=NN=C1c1ccc(Cl)cc1Cl. The van der Waals surface area contributed by atoms with E-state index in [1.807, 2.05) is 18.3 Å². The highest BCUT2D eigenvalue weighted by Gasteiger charge is 2.24. The Bertz CT molecular complexity index is 464. The minimum absolute atomic E-state index is 0.235. The zero-order valence-corrected chi connectivity index (χ0v) is 10.6. The summed E-state index contributed by atoms with van der Waals surface area (Å²) in [5.74, 6) is 0.690. The average Bonchev–Trinajstić information content (AvgIpc) is 2.66. The first kappa shape index (κ1) is 11.6. The number of hydrogen-bond donors (Lipinski definition) is 0. The minimum Gasteiger partial charge on any atom is -0.163 e. The van der Waals surface area contributed by atoms with E-state index in [4.69, 9.17) is 23.2 Å². The molecular formula is C12H12Cl2N2. The van der Waals surface area contributed by atoms with E-state index in [0.29, 0.717) is 16.0 Å². The van der Waals surface area contributed by atoms with Crippen LogP contribution in [0.5, 0.6) is 0 Å². The topological polar surface area (TPSA) is 24.7 Å². The number of nitrogens with zero attached hydrogens (tertiary/aromatic N) is 2. The lowest BCUT2D eigenvalue weighted by Crippen LogP contribution is -2.19. The van der Waals surface area contributed by atoms with Gasteiger partial charge in [-0.1, -0.05) is 43.1 Å². The van der Waals surface area contributed by atoms with Crippen molar-refractivity contribution in [2.45, 2.75) is 13.8 Å². The van der Waals surface area contributed by atoms with E-state index < -0.39 is 0 Å². The minimum atomic E-state index is 0.235. The molecule has 1 atom stereocenters. The standard InChI is InChI=1S/C12H12Cl2N2/c1-7(2)10-6-15-16-12(10)9-4-3-8(13)5-11(9)14/h3-7,10H,1-2H3. The van der Waals surface area contributed by atoms with Crippen molar-refractivity contribution in [2.75, 3.05) is 0 Å². The molecule has 1 aromatic carbocycles. The molecule has 0 radical (unpaired) electrons. The van der Waals surface area contributed by atoms with E-state index in [1.165, 1.54) is 0 Å². The molecule has 0 bridgehead atoms. The van der Waals surface area contributed by atoms with Crippen LogP contribution in [0.3, 0.4) is 0 Å². The van der Waals surface area contributed by atoms with Gasteiger partial charge in [0.25, 0.3) is 0 Å². The molecule has 0 fully saturated rings. The Hall–Kier alpha value is -0.860. The van der Waals surface area contributed by atoms with Crippen LogP contribution >= 0.6 is 23.2 Å². The number of halogens is 2. The fourth-order valence-electron chi connectivity index (χ4n) is 1.72. The van der Waals surface area contributed by atoms with Crippen LogP contribution in [0.25, 0.3) is 0 Å². The molecule has 1 heterocycles. The second-order valence-corrected chi connectivity index (χ2v) is 4.99. The molecule has 1 aliphatic rings. The summed E-state index contributed by atoms with van der Waals surface area (Å²) in [6, 6.07) is 5.45. The number of hydrogen-bond acceptors (Lipinski definition) is 2. The molecule has 4 heteroatoms. The molecule has 0 aromatic heterocycles. The Kier molecular flexibility index (Phi) is 3.31. The Labute approximate surface area is 105 Å². The molecular weight excluding hydrogens is 243 g/mol. The molecule has 1 unspecified atom stereocenters. The third-order valence-electron chi connectivity index (χ3n) is 2.63. The highest BCUT2D eigenvalue weighted by molar-refractivity contribution is 6.37. The van der Waals surface area contributed by atoms with Gasteiger partial charge in [-0.2, -0.15) is 10.2 Å². The molecule has 0 saturated carbocycles. The van der Waals surface area contributed by atoms with Gasteiger partial charge in [-0.15, -0.1) is 0 Å². The zero-order chi connectivity index (χ0) is 11.7. The van der Waals surface area contributed by atoms with Crippen molar-refractivity contribution < 1.29 is 0 Å². The van der Waals surface area contributed by atoms with Crippen molar-refractivity contribution in [2.24, 2.45) is 22.0 Å². The molecule has 0 spiro atoms. The first-order valence-electron chi connectivity index (χ1n) is 5.16. The largest absolute Gasteiger partial charge is 0.163 e. The maximum Gasteiger partial charge on any atom is 0.0804 e. The first-order chi connectivity index (χ1) is 7.59. The lowest BCUT2D eigenvalue weighted by Gasteiger charge is -2.15. The molecule has 1 aliphatic heterocycles. The van der Waals surface area contributed by atoms with Crippen LogP contribution in [0.15, 0.2) is 28.4 Å². The second kappa shape index (κ2) is 4.56. The fourth-order valence-corrected chi connectivity index (χ4v) is 2.23. The predicted octanol–water partition coefficient (Wildman–Crippen LogP) is 4.05. The van der Waals surface area contributed by atoms with Gasteiger partial charge in [0.05, 0.1) is 10.7 Å². The fraction of sp³-hybridized carbons (Fsp3) is 0.333. The van der Waals surface area contributed by atoms with Crippen molar-refractivity contribution in [3.63, 3.8) is 0 Å². The lowest BCUT2D eigenvalue weighted by molar-refractivity contribution is 0.616. The summed E-state index contributed by atoms with van der Waals surface area (Å²) < 4.78 is 0. The van der Waals surface area contributed by atoms with Gasteiger partial charge in [-0.3, -0.25) is 0 Å². The van der Waals surface area contributed by atoms with Crippen LogP contribution < -0.4 is 0 Å². The van der Waals surface area contributed by atoms with Gasteiger partial charge in [-0.25, -0.2) is 0 Å². The third-order valence-corrected chi connectivity index (χ3v) is 3.18. The Morgan fingerprint density at radius 1 is 1.25 bits per heavy atom. The van der Waals surface area contributed by atoms with E-state index in [9.17, 15) is 0 Å². The smallest absolute Gasteiger partial charge is 0.0804 e. The summed E-state index contributed by atoms with van der Waals surface area (Å²) in [6.07, 6.45) is 1.87. The normalized spacial score (nSPS) is 19.3. The molecule has 84 valence electrons. The molecule has 0 amide bonds. The van der Waals surface area contributed by atoms with Gasteiger partial charge in [0, 0.05) is 22.7 Å². The van der Waals surface area contributed by atoms with Gasteiger partial charge in [0.15, 0.2) is 0 Å². The average molecular weight is 255 g/mol. The van der Waals surface area contributed by atoms with E-state index in [2.05, 4.69) is 24.1 Å². The first-order valence-corrected chi connectivity index (χ1v) is 5.91. The summed E-state index contributed by atoms with van der Waals surface area (Å²) in [4.78, 5) is 0. The van der Waals surface area contributed by atoms with Gasteiger partial charge < -0.3 is 0 Å². The molecule has 0 saturated heterocycles. The highest BCUT2D eigenvalue weighted by atomic mass is 35.5. The Morgan fingerprint density at radius 2 is 2.00 bits per heavy atom. The van der Waals surface area contributed by atoms with Crippen LogP contribution in [-0.2, 0) is 0 Å². The summed E-state index contributed by atoms with van der Waals surface area (Å²) in [6.45, 7) is 4.28. The summed E-state index contributed by atoms with van der Waals surface area (Å²) in [5.41, 5.74) is 1.85. The monoisotopic (exact) mass is 254 g/mol. The highest BCUT2D eigenvalue weighted by Crippen LogP contribution is 2.27. The van der Waals surface area contributed by atoms with Crippen LogP contribution in [0, 0.1) is 11.8 Å². The summed E-state index contributed by atoms with van der Waals surface area (Å²) >= 11 is 12.0. The maximum absolute atomic E-state index is 6.16. The zero-order valence-electron chi connectivity index (χ0n) is 9.11. The van der Waals surface area contributed by atoms with Crippen LogP contribution in [0.4, 0.5) is 0 Å². The molecule has 2 nitrogen and oxygen atoms in total. The van der Waals surface area contributed by atoms with Crippen LogP contribution in [-0.4, -0.2) is 11.9 Å². The second-order valence-electron chi connectivity index (χ2n) is 4.14. The predicted molar refractivity (Wildman–Crippen MR) is 69.8 cm³/mol. The van der Waals surface area contributed by atoms with Crippen molar-refractivity contribution in [1.82, 2.24) is 0 Å². The molecule has 0 N–H and O–H groups in total. The summed E-state index contributed by atoms with van der Waals surface area (Å²) in [5, 5.41) is 9.40. The Balaban J connectivity index is 2.39. The van der Waals surface area contributed by atoms with Crippen LogP contribution in [0.2, 0.25) is 10.0 Å². The third kappa shape index (κ3) is 2.13. The number of benzene rings is 1. The van der Waals surface area contributed by atoms with E-state index in [-0.39, 0.29) is 5.92 Å². The van der Waals surface area contributed by atoms with Crippen molar-refractivity contribution >= 4 is 35.1 Å². The number of rotatable bonds is 2. The van der Waals surface area contributed by atoms with Gasteiger partial charge in [-0.05, 0) is 18.1 Å². The van der Waals surface area contributed by atoms with E-state index in [1.54, 1.807) is 6.07 Å². The van der Waals surface area contributed by atoms with Crippen molar-refractivity contribution in [3.05, 3.63) is 33.8 Å². The van der Waals surface area contributed by atoms with Gasteiger partial charge in [0.2, 0.25) is 0 Å². The quantitative estimate of drug-likeness (QED) is 0.761. The summed E-state index contributed by atoms with van der Waals surface area (Å²) in [7, 11) is 0. The maximum atomic E-state index is 6.16. The van der Waals surface area contributed by atoms with E-state index >= 15 is 0 Å². The molecule has 0 aliphatic carbocycles. The van der Waals surface area contributed by atoms with Gasteiger partial charge >= 0.3 is 0 Å². The lowest BCUT2D eigenvalue weighted by atomic mass is 9.89.